The summed E-state index contributed by atoms with van der Waals surface area (Å²) >= 11 is 0. The highest BCUT2D eigenvalue weighted by molar-refractivity contribution is 5.34. The minimum Gasteiger partial charge on any atom is -0.466 e. The van der Waals surface area contributed by atoms with Gasteiger partial charge in [0.15, 0.2) is 0 Å². The molecule has 0 aromatic carbocycles. The molecule has 1 unspecified atom stereocenters. The van der Waals surface area contributed by atoms with E-state index in [-0.39, 0.29) is 6.04 Å². The van der Waals surface area contributed by atoms with Crippen LogP contribution in [0.1, 0.15) is 41.4 Å². The Bertz CT molecular complexity index is 540. The maximum absolute atomic E-state index is 5.54. The Labute approximate surface area is 107 Å². The molecule has 1 N–H and O–H groups in total. The molecule has 4 heteroatoms. The van der Waals surface area contributed by atoms with Crippen LogP contribution in [0.15, 0.2) is 16.5 Å². The number of nitrogens with one attached hydrogen (secondary N) is 1. The van der Waals surface area contributed by atoms with E-state index in [1.165, 1.54) is 0 Å². The fourth-order valence-corrected chi connectivity index (χ4v) is 2.14. The van der Waals surface area contributed by atoms with Crippen molar-refractivity contribution in [2.24, 2.45) is 0 Å². The first-order valence-corrected chi connectivity index (χ1v) is 6.11. The molecule has 2 rings (SSSR count). The average molecular weight is 245 g/mol. The number of hydrogen-bond acceptors (Lipinski definition) is 4. The molecule has 2 aromatic rings. The van der Waals surface area contributed by atoms with Gasteiger partial charge in [-0.3, -0.25) is 0 Å². The van der Waals surface area contributed by atoms with Crippen molar-refractivity contribution in [3.8, 4) is 0 Å². The first kappa shape index (κ1) is 12.6. The molecule has 2 heterocycles. The van der Waals surface area contributed by atoms with E-state index >= 15 is 0 Å². The molecule has 2 aromatic heterocycles. The molecule has 1 atom stereocenters. The molecular weight excluding hydrogens is 226 g/mol. The number of hydrogen-bond donors (Lipinski definition) is 1. The number of aromatic nitrogens is 2. The SMILES string of the molecule is Cc1cc(C)nc(NC(C)c2cc(C)oc2C)n1. The zero-order valence-corrected chi connectivity index (χ0v) is 11.5. The molecule has 0 radical (unpaired) electrons. The Morgan fingerprint density at radius 3 is 2.17 bits per heavy atom. The van der Waals surface area contributed by atoms with Gasteiger partial charge in [-0.1, -0.05) is 0 Å². The van der Waals surface area contributed by atoms with Crippen molar-refractivity contribution >= 4 is 5.95 Å². The number of anilines is 1. The Balaban J connectivity index is 2.20. The zero-order valence-electron chi connectivity index (χ0n) is 11.5. The first-order valence-electron chi connectivity index (χ1n) is 6.11. The lowest BCUT2D eigenvalue weighted by molar-refractivity contribution is 0.499. The van der Waals surface area contributed by atoms with Crippen LogP contribution in [0.25, 0.3) is 0 Å². The highest BCUT2D eigenvalue weighted by Gasteiger charge is 2.13. The van der Waals surface area contributed by atoms with Crippen molar-refractivity contribution in [1.82, 2.24) is 9.97 Å². The van der Waals surface area contributed by atoms with Crippen molar-refractivity contribution < 1.29 is 4.42 Å². The van der Waals surface area contributed by atoms with Gasteiger partial charge >= 0.3 is 0 Å². The first-order chi connectivity index (χ1) is 8.45. The van der Waals surface area contributed by atoms with Crippen molar-refractivity contribution in [2.45, 2.75) is 40.7 Å². The Morgan fingerprint density at radius 2 is 1.67 bits per heavy atom. The molecule has 0 aliphatic heterocycles. The molecule has 0 aliphatic rings. The molecule has 0 saturated heterocycles. The summed E-state index contributed by atoms with van der Waals surface area (Å²) in [5.74, 6) is 2.53. The van der Waals surface area contributed by atoms with E-state index in [2.05, 4.69) is 28.3 Å². The molecule has 0 spiro atoms. The van der Waals surface area contributed by atoms with Gasteiger partial charge in [-0.25, -0.2) is 9.97 Å². The number of nitrogens with zero attached hydrogens (tertiary/aromatic N) is 2. The van der Waals surface area contributed by atoms with Gasteiger partial charge in [0.2, 0.25) is 5.95 Å². The summed E-state index contributed by atoms with van der Waals surface area (Å²) in [6, 6.07) is 4.14. The molecule has 0 bridgehead atoms. The van der Waals surface area contributed by atoms with Gasteiger partial charge in [0.05, 0.1) is 6.04 Å². The Kier molecular flexibility index (Phi) is 3.36. The van der Waals surface area contributed by atoms with E-state index in [9.17, 15) is 0 Å². The smallest absolute Gasteiger partial charge is 0.223 e. The van der Waals surface area contributed by atoms with Gasteiger partial charge in [-0.05, 0) is 46.8 Å². The van der Waals surface area contributed by atoms with Crippen molar-refractivity contribution in [3.63, 3.8) is 0 Å². The lowest BCUT2D eigenvalue weighted by Crippen LogP contribution is -2.10. The van der Waals surface area contributed by atoms with Crippen molar-refractivity contribution in [1.29, 1.82) is 0 Å². The van der Waals surface area contributed by atoms with Crippen LogP contribution in [-0.4, -0.2) is 9.97 Å². The van der Waals surface area contributed by atoms with E-state index in [0.29, 0.717) is 5.95 Å². The standard InChI is InChI=1S/C14H19N3O/c1-8-6-9(2)16-14(15-8)17-11(4)13-7-10(3)18-12(13)5/h6-7,11H,1-5H3,(H,15,16,17). The second-order valence-electron chi connectivity index (χ2n) is 4.71. The fraction of sp³-hybridized carbons (Fsp3) is 0.429. The van der Waals surface area contributed by atoms with E-state index in [1.807, 2.05) is 33.8 Å². The molecule has 4 nitrogen and oxygen atoms in total. The van der Waals surface area contributed by atoms with E-state index in [0.717, 1.165) is 28.5 Å². The third-order valence-electron chi connectivity index (χ3n) is 2.87. The third-order valence-corrected chi connectivity index (χ3v) is 2.87. The van der Waals surface area contributed by atoms with Gasteiger partial charge in [-0.15, -0.1) is 0 Å². The summed E-state index contributed by atoms with van der Waals surface area (Å²) < 4.78 is 5.54. The van der Waals surface area contributed by atoms with Gasteiger partial charge in [-0.2, -0.15) is 0 Å². The van der Waals surface area contributed by atoms with Crippen LogP contribution in [0.2, 0.25) is 0 Å². The van der Waals surface area contributed by atoms with Gasteiger partial charge < -0.3 is 9.73 Å². The topological polar surface area (TPSA) is 51.0 Å². The predicted octanol–water partition coefficient (Wildman–Crippen LogP) is 3.48. The minimum atomic E-state index is 0.128. The lowest BCUT2D eigenvalue weighted by atomic mass is 10.1. The summed E-state index contributed by atoms with van der Waals surface area (Å²) in [6.07, 6.45) is 0. The highest BCUT2D eigenvalue weighted by atomic mass is 16.3. The molecular formula is C14H19N3O. The van der Waals surface area contributed by atoms with Crippen molar-refractivity contribution in [3.05, 3.63) is 40.6 Å². The number of furan rings is 1. The van der Waals surface area contributed by atoms with Gasteiger partial charge in [0.25, 0.3) is 0 Å². The largest absolute Gasteiger partial charge is 0.466 e. The van der Waals surface area contributed by atoms with Crippen molar-refractivity contribution in [2.75, 3.05) is 5.32 Å². The maximum Gasteiger partial charge on any atom is 0.223 e. The Morgan fingerprint density at radius 1 is 1.06 bits per heavy atom. The zero-order chi connectivity index (χ0) is 13.3. The third kappa shape index (κ3) is 2.70. The predicted molar refractivity (Wildman–Crippen MR) is 71.7 cm³/mol. The summed E-state index contributed by atoms with van der Waals surface area (Å²) in [5.41, 5.74) is 3.09. The quantitative estimate of drug-likeness (QED) is 0.899. The lowest BCUT2D eigenvalue weighted by Gasteiger charge is -2.13. The number of aryl methyl sites for hydroxylation is 4. The van der Waals surface area contributed by atoms with Crippen LogP contribution in [0.5, 0.6) is 0 Å². The summed E-state index contributed by atoms with van der Waals surface area (Å²) in [6.45, 7) is 9.95. The fourth-order valence-electron chi connectivity index (χ4n) is 2.14. The summed E-state index contributed by atoms with van der Waals surface area (Å²) in [7, 11) is 0. The van der Waals surface area contributed by atoms with E-state index in [1.54, 1.807) is 0 Å². The van der Waals surface area contributed by atoms with Crippen LogP contribution in [0, 0.1) is 27.7 Å². The second-order valence-corrected chi connectivity index (χ2v) is 4.71. The normalized spacial score (nSPS) is 12.5. The van der Waals surface area contributed by atoms with Crippen LogP contribution in [0.3, 0.4) is 0 Å². The highest BCUT2D eigenvalue weighted by Crippen LogP contribution is 2.23. The van der Waals surface area contributed by atoms with E-state index in [4.69, 9.17) is 4.42 Å². The molecule has 18 heavy (non-hydrogen) atoms. The second kappa shape index (κ2) is 4.80. The number of rotatable bonds is 3. The molecule has 0 amide bonds. The monoisotopic (exact) mass is 245 g/mol. The Hall–Kier alpha value is -1.84. The molecule has 0 fully saturated rings. The average Bonchev–Trinajstić information content (AvgIpc) is 2.56. The van der Waals surface area contributed by atoms with Crippen LogP contribution >= 0.6 is 0 Å². The van der Waals surface area contributed by atoms with Crippen LogP contribution in [-0.2, 0) is 0 Å². The van der Waals surface area contributed by atoms with Gasteiger partial charge in [0, 0.05) is 17.0 Å². The van der Waals surface area contributed by atoms with E-state index < -0.39 is 0 Å². The summed E-state index contributed by atoms with van der Waals surface area (Å²) in [4.78, 5) is 8.77. The summed E-state index contributed by atoms with van der Waals surface area (Å²) in [5, 5.41) is 3.31. The minimum absolute atomic E-state index is 0.128. The molecule has 0 saturated carbocycles. The maximum atomic E-state index is 5.54. The van der Waals surface area contributed by atoms with Crippen LogP contribution in [0.4, 0.5) is 5.95 Å². The molecule has 96 valence electrons. The van der Waals surface area contributed by atoms with Crippen LogP contribution < -0.4 is 5.32 Å². The van der Waals surface area contributed by atoms with Gasteiger partial charge in [0.1, 0.15) is 11.5 Å². The molecule has 0 aliphatic carbocycles.